The van der Waals surface area contributed by atoms with E-state index in [1.54, 1.807) is 19.2 Å². The van der Waals surface area contributed by atoms with Gasteiger partial charge in [-0.1, -0.05) is 23.5 Å². The lowest BCUT2D eigenvalue weighted by atomic mass is 10.1. The monoisotopic (exact) mass is 250 g/mol. The lowest BCUT2D eigenvalue weighted by Gasteiger charge is -1.99. The van der Waals surface area contributed by atoms with Gasteiger partial charge in [-0.05, 0) is 12.1 Å². The number of carbonyl (C=O) groups is 1. The second-order valence-corrected chi connectivity index (χ2v) is 4.51. The summed E-state index contributed by atoms with van der Waals surface area (Å²) in [5.74, 6) is -0.403. The van der Waals surface area contributed by atoms with E-state index in [1.165, 1.54) is 30.4 Å². The van der Waals surface area contributed by atoms with Gasteiger partial charge in [0.2, 0.25) is 0 Å². The molecule has 3 nitrogen and oxygen atoms in total. The SMILES string of the molecule is CNc1nc(-c2cccc(F)c2)c(C(C)=O)s1. The molecule has 1 N–H and O–H groups in total. The van der Waals surface area contributed by atoms with Crippen molar-refractivity contribution in [3.8, 4) is 11.3 Å². The third-order valence-corrected chi connectivity index (χ3v) is 3.43. The largest absolute Gasteiger partial charge is 0.365 e. The molecule has 0 amide bonds. The summed E-state index contributed by atoms with van der Waals surface area (Å²) < 4.78 is 13.1. The van der Waals surface area contributed by atoms with Gasteiger partial charge < -0.3 is 5.32 Å². The predicted molar refractivity (Wildman–Crippen MR) is 67.1 cm³/mol. The third kappa shape index (κ3) is 2.34. The Bertz CT molecular complexity index is 565. The van der Waals surface area contributed by atoms with Crippen LogP contribution in [0, 0.1) is 5.82 Å². The number of ketones is 1. The Balaban J connectivity index is 2.57. The Morgan fingerprint density at radius 1 is 1.47 bits per heavy atom. The number of hydrogen-bond donors (Lipinski definition) is 1. The molecule has 0 bridgehead atoms. The van der Waals surface area contributed by atoms with Crippen LogP contribution in [0.15, 0.2) is 24.3 Å². The lowest BCUT2D eigenvalue weighted by molar-refractivity contribution is 0.102. The number of carbonyl (C=O) groups excluding carboxylic acids is 1. The van der Waals surface area contributed by atoms with Crippen LogP contribution in [0.4, 0.5) is 9.52 Å². The van der Waals surface area contributed by atoms with Gasteiger partial charge in [-0.15, -0.1) is 0 Å². The molecule has 17 heavy (non-hydrogen) atoms. The maximum atomic E-state index is 13.1. The van der Waals surface area contributed by atoms with Crippen molar-refractivity contribution in [1.29, 1.82) is 0 Å². The van der Waals surface area contributed by atoms with Crippen LogP contribution in [0.5, 0.6) is 0 Å². The number of thiazole rings is 1. The molecule has 88 valence electrons. The quantitative estimate of drug-likeness (QED) is 0.851. The molecule has 0 atom stereocenters. The minimum absolute atomic E-state index is 0.0664. The second kappa shape index (κ2) is 4.63. The maximum Gasteiger partial charge on any atom is 0.183 e. The average Bonchev–Trinajstić information content (AvgIpc) is 2.73. The van der Waals surface area contributed by atoms with Crippen LogP contribution >= 0.6 is 11.3 Å². The van der Waals surface area contributed by atoms with E-state index in [2.05, 4.69) is 10.3 Å². The molecule has 0 spiro atoms. The highest BCUT2D eigenvalue weighted by Crippen LogP contribution is 2.31. The number of hydrogen-bond acceptors (Lipinski definition) is 4. The van der Waals surface area contributed by atoms with Gasteiger partial charge in [0.05, 0.1) is 10.6 Å². The van der Waals surface area contributed by atoms with E-state index in [0.717, 1.165) is 0 Å². The fourth-order valence-corrected chi connectivity index (χ4v) is 2.33. The topological polar surface area (TPSA) is 42.0 Å². The number of aromatic nitrogens is 1. The standard InChI is InChI=1S/C12H11FN2OS/c1-7(16)11-10(15-12(14-2)17-11)8-4-3-5-9(13)6-8/h3-6H,1-2H3,(H,14,15). The molecule has 0 aliphatic carbocycles. The van der Waals surface area contributed by atoms with Crippen molar-refractivity contribution in [2.24, 2.45) is 0 Å². The Morgan fingerprint density at radius 3 is 2.82 bits per heavy atom. The van der Waals surface area contributed by atoms with Crippen LogP contribution in [-0.4, -0.2) is 17.8 Å². The van der Waals surface area contributed by atoms with Crippen LogP contribution in [0.1, 0.15) is 16.6 Å². The van der Waals surface area contributed by atoms with Gasteiger partial charge in [-0.25, -0.2) is 9.37 Å². The van der Waals surface area contributed by atoms with Crippen molar-refractivity contribution in [2.75, 3.05) is 12.4 Å². The van der Waals surface area contributed by atoms with E-state index in [9.17, 15) is 9.18 Å². The number of benzene rings is 1. The summed E-state index contributed by atoms with van der Waals surface area (Å²) in [5.41, 5.74) is 1.15. The first kappa shape index (κ1) is 11.7. The van der Waals surface area contributed by atoms with Crippen LogP contribution in [0.2, 0.25) is 0 Å². The van der Waals surface area contributed by atoms with E-state index in [0.29, 0.717) is 21.3 Å². The van der Waals surface area contributed by atoms with E-state index < -0.39 is 0 Å². The third-order valence-electron chi connectivity index (χ3n) is 2.26. The molecule has 0 saturated carbocycles. The van der Waals surface area contributed by atoms with E-state index in [1.807, 2.05) is 0 Å². The Hall–Kier alpha value is -1.75. The van der Waals surface area contributed by atoms with E-state index >= 15 is 0 Å². The summed E-state index contributed by atoms with van der Waals surface area (Å²) in [6.45, 7) is 1.48. The fourth-order valence-electron chi connectivity index (χ4n) is 1.50. The van der Waals surface area contributed by atoms with Gasteiger partial charge in [0.25, 0.3) is 0 Å². The molecule has 2 rings (SSSR count). The number of nitrogens with one attached hydrogen (secondary N) is 1. The summed E-state index contributed by atoms with van der Waals surface area (Å²) in [6, 6.07) is 6.08. The van der Waals surface area contributed by atoms with Gasteiger partial charge in [0.1, 0.15) is 5.82 Å². The van der Waals surface area contributed by atoms with Gasteiger partial charge in [-0.3, -0.25) is 4.79 Å². The molecule has 1 aromatic heterocycles. The van der Waals surface area contributed by atoms with E-state index in [-0.39, 0.29) is 11.6 Å². The lowest BCUT2D eigenvalue weighted by Crippen LogP contribution is -1.92. The Kier molecular flexibility index (Phi) is 3.19. The Morgan fingerprint density at radius 2 is 2.24 bits per heavy atom. The highest BCUT2D eigenvalue weighted by molar-refractivity contribution is 7.18. The first-order chi connectivity index (χ1) is 8.11. The maximum absolute atomic E-state index is 13.1. The highest BCUT2D eigenvalue weighted by Gasteiger charge is 2.16. The molecule has 0 saturated heterocycles. The first-order valence-corrected chi connectivity index (χ1v) is 5.89. The summed E-state index contributed by atoms with van der Waals surface area (Å²) in [4.78, 5) is 16.3. The minimum Gasteiger partial charge on any atom is -0.365 e. The van der Waals surface area contributed by atoms with Crippen LogP contribution < -0.4 is 5.32 Å². The fraction of sp³-hybridized carbons (Fsp3) is 0.167. The van der Waals surface area contributed by atoms with Crippen molar-refractivity contribution < 1.29 is 9.18 Å². The van der Waals surface area contributed by atoms with Crippen LogP contribution in [0.25, 0.3) is 11.3 Å². The normalized spacial score (nSPS) is 10.3. The van der Waals surface area contributed by atoms with Crippen LogP contribution in [-0.2, 0) is 0 Å². The summed E-state index contributed by atoms with van der Waals surface area (Å²) in [7, 11) is 1.73. The first-order valence-electron chi connectivity index (χ1n) is 5.07. The van der Waals surface area contributed by atoms with Gasteiger partial charge in [-0.2, -0.15) is 0 Å². The summed E-state index contributed by atoms with van der Waals surface area (Å²) in [6.07, 6.45) is 0. The molecule has 2 aromatic rings. The summed E-state index contributed by atoms with van der Waals surface area (Å²) >= 11 is 1.27. The van der Waals surface area contributed by atoms with Crippen LogP contribution in [0.3, 0.4) is 0 Å². The molecule has 0 unspecified atom stereocenters. The molecule has 1 aromatic carbocycles. The van der Waals surface area contributed by atoms with Crippen molar-refractivity contribution in [2.45, 2.75) is 6.92 Å². The number of Topliss-reactive ketones (excluding diaryl/α,β-unsaturated/α-hetero) is 1. The molecule has 0 fully saturated rings. The number of nitrogens with zero attached hydrogens (tertiary/aromatic N) is 1. The average molecular weight is 250 g/mol. The molecule has 1 heterocycles. The zero-order valence-electron chi connectivity index (χ0n) is 9.45. The highest BCUT2D eigenvalue weighted by atomic mass is 32.1. The Labute approximate surface area is 102 Å². The number of halogens is 1. The summed E-state index contributed by atoms with van der Waals surface area (Å²) in [5, 5.41) is 3.54. The van der Waals surface area contributed by atoms with Gasteiger partial charge in [0, 0.05) is 19.5 Å². The zero-order chi connectivity index (χ0) is 12.4. The predicted octanol–water partition coefficient (Wildman–Crippen LogP) is 3.19. The molecule has 5 heteroatoms. The minimum atomic E-state index is -0.337. The number of rotatable bonds is 3. The molecular formula is C12H11FN2OS. The second-order valence-electron chi connectivity index (χ2n) is 3.51. The van der Waals surface area contributed by atoms with Crippen molar-refractivity contribution in [3.05, 3.63) is 35.0 Å². The zero-order valence-corrected chi connectivity index (χ0v) is 10.3. The van der Waals surface area contributed by atoms with Crippen molar-refractivity contribution in [1.82, 2.24) is 4.98 Å². The van der Waals surface area contributed by atoms with E-state index in [4.69, 9.17) is 0 Å². The smallest absolute Gasteiger partial charge is 0.183 e. The van der Waals surface area contributed by atoms with Gasteiger partial charge >= 0.3 is 0 Å². The molecule has 0 radical (unpaired) electrons. The molecular weight excluding hydrogens is 239 g/mol. The van der Waals surface area contributed by atoms with Crippen molar-refractivity contribution >= 4 is 22.3 Å². The molecule has 0 aliphatic heterocycles. The number of anilines is 1. The molecule has 0 aliphatic rings. The van der Waals surface area contributed by atoms with Gasteiger partial charge in [0.15, 0.2) is 10.9 Å². The van der Waals surface area contributed by atoms with Crippen molar-refractivity contribution in [3.63, 3.8) is 0 Å².